The average molecular weight is 270 g/mol. The summed E-state index contributed by atoms with van der Waals surface area (Å²) < 4.78 is 1.75. The second-order valence-corrected chi connectivity index (χ2v) is 5.28. The van der Waals surface area contributed by atoms with Crippen LogP contribution >= 0.6 is 0 Å². The standard InChI is InChI=1S/C15H18N4O/c1-15(8-4-9-16-15)14(20)18-12-6-2-3-7-13(12)19-11-5-10-17-19/h2-3,5-7,10-11,16H,4,8-9H2,1H3,(H,18,20). The number of rotatable bonds is 3. The SMILES string of the molecule is CC1(C(=O)Nc2ccccc2-n2cccn2)CCCN1. The number of anilines is 1. The zero-order valence-electron chi connectivity index (χ0n) is 11.5. The van der Waals surface area contributed by atoms with Crippen LogP contribution in [0.4, 0.5) is 5.69 Å². The van der Waals surface area contributed by atoms with E-state index >= 15 is 0 Å². The van der Waals surface area contributed by atoms with Crippen LogP contribution in [0.1, 0.15) is 19.8 Å². The van der Waals surface area contributed by atoms with Gasteiger partial charge in [0.25, 0.3) is 0 Å². The van der Waals surface area contributed by atoms with Gasteiger partial charge in [-0.15, -0.1) is 0 Å². The molecule has 1 aromatic heterocycles. The van der Waals surface area contributed by atoms with Crippen molar-refractivity contribution in [2.24, 2.45) is 0 Å². The molecule has 0 radical (unpaired) electrons. The van der Waals surface area contributed by atoms with Gasteiger partial charge in [0, 0.05) is 12.4 Å². The van der Waals surface area contributed by atoms with E-state index in [0.29, 0.717) is 0 Å². The lowest BCUT2D eigenvalue weighted by Gasteiger charge is -2.23. The summed E-state index contributed by atoms with van der Waals surface area (Å²) in [6.45, 7) is 2.84. The van der Waals surface area contributed by atoms with Crippen molar-refractivity contribution in [3.63, 3.8) is 0 Å². The van der Waals surface area contributed by atoms with Crippen molar-refractivity contribution in [3.05, 3.63) is 42.7 Å². The first kappa shape index (κ1) is 12.9. The molecule has 0 saturated carbocycles. The van der Waals surface area contributed by atoms with E-state index in [1.54, 1.807) is 10.9 Å². The summed E-state index contributed by atoms with van der Waals surface area (Å²) in [6.07, 6.45) is 5.48. The van der Waals surface area contributed by atoms with E-state index in [4.69, 9.17) is 0 Å². The summed E-state index contributed by atoms with van der Waals surface area (Å²) in [4.78, 5) is 12.5. The molecule has 5 nitrogen and oxygen atoms in total. The molecule has 2 N–H and O–H groups in total. The van der Waals surface area contributed by atoms with Crippen molar-refractivity contribution in [2.45, 2.75) is 25.3 Å². The maximum atomic E-state index is 12.5. The molecule has 1 fully saturated rings. The number of carbonyl (C=O) groups excluding carboxylic acids is 1. The van der Waals surface area contributed by atoms with Gasteiger partial charge in [0.2, 0.25) is 5.91 Å². The molecule has 1 aliphatic rings. The minimum absolute atomic E-state index is 0.00889. The van der Waals surface area contributed by atoms with Crippen LogP contribution < -0.4 is 10.6 Å². The van der Waals surface area contributed by atoms with Crippen molar-refractivity contribution in [3.8, 4) is 5.69 Å². The molecule has 3 rings (SSSR count). The third-order valence-electron chi connectivity index (χ3n) is 3.77. The molecule has 1 saturated heterocycles. The second-order valence-electron chi connectivity index (χ2n) is 5.28. The Morgan fingerprint density at radius 3 is 2.95 bits per heavy atom. The van der Waals surface area contributed by atoms with Crippen LogP contribution in [0.3, 0.4) is 0 Å². The quantitative estimate of drug-likeness (QED) is 0.896. The van der Waals surface area contributed by atoms with Gasteiger partial charge in [-0.1, -0.05) is 12.1 Å². The number of carbonyl (C=O) groups is 1. The van der Waals surface area contributed by atoms with E-state index < -0.39 is 5.54 Å². The Morgan fingerprint density at radius 1 is 1.40 bits per heavy atom. The highest BCUT2D eigenvalue weighted by Crippen LogP contribution is 2.24. The van der Waals surface area contributed by atoms with Crippen LogP contribution in [-0.2, 0) is 4.79 Å². The second kappa shape index (κ2) is 5.09. The number of hydrogen-bond acceptors (Lipinski definition) is 3. The zero-order valence-corrected chi connectivity index (χ0v) is 11.5. The van der Waals surface area contributed by atoms with Gasteiger partial charge < -0.3 is 10.6 Å². The summed E-state index contributed by atoms with van der Waals surface area (Å²) in [5.41, 5.74) is 1.17. The van der Waals surface area contributed by atoms with Crippen molar-refractivity contribution in [2.75, 3.05) is 11.9 Å². The molecule has 1 unspecified atom stereocenters. The lowest BCUT2D eigenvalue weighted by molar-refractivity contribution is -0.121. The molecule has 0 spiro atoms. The van der Waals surface area contributed by atoms with Crippen LogP contribution in [0, 0.1) is 0 Å². The fourth-order valence-electron chi connectivity index (χ4n) is 2.54. The Kier molecular flexibility index (Phi) is 3.28. The first-order chi connectivity index (χ1) is 9.69. The Labute approximate surface area is 118 Å². The molecule has 1 atom stereocenters. The van der Waals surface area contributed by atoms with Gasteiger partial charge >= 0.3 is 0 Å². The highest BCUT2D eigenvalue weighted by atomic mass is 16.2. The number of para-hydroxylation sites is 2. The first-order valence-corrected chi connectivity index (χ1v) is 6.85. The highest BCUT2D eigenvalue weighted by molar-refractivity contribution is 5.99. The molecule has 0 bridgehead atoms. The fraction of sp³-hybridized carbons (Fsp3) is 0.333. The van der Waals surface area contributed by atoms with Crippen LogP contribution in [0.5, 0.6) is 0 Å². The van der Waals surface area contributed by atoms with Gasteiger partial charge in [-0.2, -0.15) is 5.10 Å². The van der Waals surface area contributed by atoms with E-state index in [9.17, 15) is 4.79 Å². The largest absolute Gasteiger partial charge is 0.323 e. The van der Waals surface area contributed by atoms with Crippen molar-refractivity contribution < 1.29 is 4.79 Å². The smallest absolute Gasteiger partial charge is 0.244 e. The first-order valence-electron chi connectivity index (χ1n) is 6.85. The summed E-state index contributed by atoms with van der Waals surface area (Å²) >= 11 is 0. The average Bonchev–Trinajstić information content (AvgIpc) is 3.11. The van der Waals surface area contributed by atoms with Gasteiger partial charge in [-0.05, 0) is 44.5 Å². The number of amides is 1. The summed E-state index contributed by atoms with van der Waals surface area (Å²) in [7, 11) is 0. The van der Waals surface area contributed by atoms with Crippen LogP contribution in [-0.4, -0.2) is 27.8 Å². The molecule has 1 amide bonds. The van der Waals surface area contributed by atoms with E-state index in [1.165, 1.54) is 0 Å². The van der Waals surface area contributed by atoms with Gasteiger partial charge in [0.15, 0.2) is 0 Å². The third-order valence-corrected chi connectivity index (χ3v) is 3.77. The molecule has 1 aliphatic heterocycles. The lowest BCUT2D eigenvalue weighted by atomic mass is 9.99. The fourth-order valence-corrected chi connectivity index (χ4v) is 2.54. The monoisotopic (exact) mass is 270 g/mol. The molecule has 5 heteroatoms. The van der Waals surface area contributed by atoms with Crippen molar-refractivity contribution in [1.29, 1.82) is 0 Å². The van der Waals surface area contributed by atoms with E-state index in [2.05, 4.69) is 15.7 Å². The Bertz CT molecular complexity index is 600. The molecule has 20 heavy (non-hydrogen) atoms. The van der Waals surface area contributed by atoms with E-state index in [-0.39, 0.29) is 5.91 Å². The number of benzene rings is 1. The minimum atomic E-state index is -0.475. The molecule has 1 aromatic carbocycles. The lowest BCUT2D eigenvalue weighted by Crippen LogP contribution is -2.48. The van der Waals surface area contributed by atoms with Crippen molar-refractivity contribution >= 4 is 11.6 Å². The number of nitrogens with one attached hydrogen (secondary N) is 2. The maximum Gasteiger partial charge on any atom is 0.244 e. The number of aromatic nitrogens is 2. The third kappa shape index (κ3) is 2.32. The van der Waals surface area contributed by atoms with Gasteiger partial charge in [0.05, 0.1) is 16.9 Å². The molecule has 104 valence electrons. The predicted octanol–water partition coefficient (Wildman–Crippen LogP) is 1.95. The van der Waals surface area contributed by atoms with E-state index in [0.717, 1.165) is 30.8 Å². The van der Waals surface area contributed by atoms with Crippen LogP contribution in [0.25, 0.3) is 5.69 Å². The summed E-state index contributed by atoms with van der Waals surface area (Å²) in [5, 5.41) is 10.5. The van der Waals surface area contributed by atoms with Crippen LogP contribution in [0.15, 0.2) is 42.7 Å². The predicted molar refractivity (Wildman–Crippen MR) is 77.8 cm³/mol. The molecular weight excluding hydrogens is 252 g/mol. The number of hydrogen-bond donors (Lipinski definition) is 2. The molecule has 2 aromatic rings. The normalized spacial score (nSPS) is 21.9. The highest BCUT2D eigenvalue weighted by Gasteiger charge is 2.36. The van der Waals surface area contributed by atoms with Crippen LogP contribution in [0.2, 0.25) is 0 Å². The van der Waals surface area contributed by atoms with Crippen molar-refractivity contribution in [1.82, 2.24) is 15.1 Å². The van der Waals surface area contributed by atoms with Gasteiger partial charge in [0.1, 0.15) is 0 Å². The summed E-state index contributed by atoms with van der Waals surface area (Å²) in [5.74, 6) is 0.00889. The Balaban J connectivity index is 1.86. The minimum Gasteiger partial charge on any atom is -0.323 e. The summed E-state index contributed by atoms with van der Waals surface area (Å²) in [6, 6.07) is 9.54. The van der Waals surface area contributed by atoms with Gasteiger partial charge in [-0.25, -0.2) is 4.68 Å². The molecular formula is C15H18N4O. The molecule has 0 aliphatic carbocycles. The zero-order chi connectivity index (χ0) is 14.0. The number of nitrogens with zero attached hydrogens (tertiary/aromatic N) is 2. The van der Waals surface area contributed by atoms with E-state index in [1.807, 2.05) is 43.5 Å². The van der Waals surface area contributed by atoms with Gasteiger partial charge in [-0.3, -0.25) is 4.79 Å². The Hall–Kier alpha value is -2.14. The topological polar surface area (TPSA) is 59.0 Å². The Morgan fingerprint density at radius 2 is 2.25 bits per heavy atom. The molecule has 2 heterocycles. The maximum absolute atomic E-state index is 12.5.